The van der Waals surface area contributed by atoms with Crippen molar-refractivity contribution in [2.75, 3.05) is 5.73 Å². The molecule has 0 fully saturated rings. The number of nitrogen functional groups attached to an aromatic ring is 1. The van der Waals surface area contributed by atoms with Crippen LogP contribution >= 0.6 is 0 Å². The second kappa shape index (κ2) is 4.05. The maximum atomic E-state index is 10.6. The van der Waals surface area contributed by atoms with E-state index in [1.54, 1.807) is 0 Å². The molecule has 2 aromatic rings. The number of hydrogen-bond acceptors (Lipinski definition) is 6. The van der Waals surface area contributed by atoms with Gasteiger partial charge in [0.25, 0.3) is 5.69 Å². The van der Waals surface area contributed by atoms with Gasteiger partial charge in [-0.15, -0.1) is 0 Å². The van der Waals surface area contributed by atoms with Crippen molar-refractivity contribution in [3.05, 3.63) is 40.6 Å². The summed E-state index contributed by atoms with van der Waals surface area (Å²) in [4.78, 5) is 17.7. The number of nitro benzene ring substituents is 1. The molecule has 7 nitrogen and oxygen atoms in total. The quantitative estimate of drug-likeness (QED) is 0.596. The van der Waals surface area contributed by atoms with Crippen molar-refractivity contribution in [1.29, 1.82) is 0 Å². The number of aromatic nitrogens is 2. The molecule has 7 heteroatoms. The smallest absolute Gasteiger partial charge is 0.270 e. The number of hydrogen-bond donors (Lipinski definition) is 2. The first kappa shape index (κ1) is 10.8. The van der Waals surface area contributed by atoms with Crippen LogP contribution in [-0.4, -0.2) is 20.0 Å². The number of rotatable bonds is 2. The second-order valence-corrected chi connectivity index (χ2v) is 3.26. The molecule has 0 saturated heterocycles. The van der Waals surface area contributed by atoms with Crippen LogP contribution in [0.5, 0.6) is 5.75 Å². The Bertz CT molecular complexity index is 586. The maximum Gasteiger partial charge on any atom is 0.270 e. The lowest BCUT2D eigenvalue weighted by atomic mass is 10.1. The third-order valence-corrected chi connectivity index (χ3v) is 2.14. The van der Waals surface area contributed by atoms with E-state index in [2.05, 4.69) is 9.97 Å². The SMILES string of the molecule is Nc1nccc(-c2cc([N+](=O)[O-])ccc2O)n1. The molecule has 1 heterocycles. The molecule has 0 aliphatic carbocycles. The zero-order chi connectivity index (χ0) is 12.4. The molecule has 0 amide bonds. The Morgan fingerprint density at radius 3 is 2.76 bits per heavy atom. The first-order valence-electron chi connectivity index (χ1n) is 4.64. The molecule has 0 bridgehead atoms. The average molecular weight is 232 g/mol. The summed E-state index contributed by atoms with van der Waals surface area (Å²) in [5.74, 6) is -0.0675. The molecular weight excluding hydrogens is 224 g/mol. The number of nitrogens with two attached hydrogens (primary N) is 1. The molecule has 86 valence electrons. The minimum atomic E-state index is -0.548. The molecule has 0 atom stereocenters. The van der Waals surface area contributed by atoms with Gasteiger partial charge in [0.2, 0.25) is 5.95 Å². The molecule has 0 aliphatic heterocycles. The van der Waals surface area contributed by atoms with Crippen molar-refractivity contribution < 1.29 is 10.0 Å². The lowest BCUT2D eigenvalue weighted by Gasteiger charge is -2.03. The Hall–Kier alpha value is -2.70. The van der Waals surface area contributed by atoms with E-state index in [0.29, 0.717) is 5.69 Å². The number of phenols is 1. The predicted octanol–water partition coefficient (Wildman–Crippen LogP) is 1.34. The summed E-state index contributed by atoms with van der Waals surface area (Å²) in [6.45, 7) is 0. The van der Waals surface area contributed by atoms with Crippen LogP contribution in [-0.2, 0) is 0 Å². The fraction of sp³-hybridized carbons (Fsp3) is 0. The first-order chi connectivity index (χ1) is 8.08. The molecule has 0 aliphatic rings. The fourth-order valence-corrected chi connectivity index (χ4v) is 1.37. The van der Waals surface area contributed by atoms with Gasteiger partial charge in [-0.05, 0) is 12.1 Å². The van der Waals surface area contributed by atoms with E-state index in [1.807, 2.05) is 0 Å². The summed E-state index contributed by atoms with van der Waals surface area (Å²) in [7, 11) is 0. The molecule has 1 aromatic heterocycles. The highest BCUT2D eigenvalue weighted by molar-refractivity contribution is 5.69. The van der Waals surface area contributed by atoms with Crippen molar-refractivity contribution in [2.45, 2.75) is 0 Å². The van der Waals surface area contributed by atoms with Crippen LogP contribution in [0.25, 0.3) is 11.3 Å². The van der Waals surface area contributed by atoms with Gasteiger partial charge >= 0.3 is 0 Å². The summed E-state index contributed by atoms with van der Waals surface area (Å²) in [6.07, 6.45) is 1.41. The van der Waals surface area contributed by atoms with Gasteiger partial charge in [0.1, 0.15) is 5.75 Å². The minimum absolute atomic E-state index is 0.0356. The van der Waals surface area contributed by atoms with E-state index < -0.39 is 4.92 Å². The van der Waals surface area contributed by atoms with Crippen molar-refractivity contribution in [2.24, 2.45) is 0 Å². The highest BCUT2D eigenvalue weighted by Crippen LogP contribution is 2.31. The molecule has 0 radical (unpaired) electrons. The molecule has 0 spiro atoms. The number of non-ortho nitro benzene ring substituents is 1. The lowest BCUT2D eigenvalue weighted by Crippen LogP contribution is -1.96. The van der Waals surface area contributed by atoms with Crippen molar-refractivity contribution in [1.82, 2.24) is 9.97 Å². The highest BCUT2D eigenvalue weighted by Gasteiger charge is 2.12. The van der Waals surface area contributed by atoms with E-state index in [1.165, 1.54) is 30.5 Å². The summed E-state index contributed by atoms with van der Waals surface area (Å²) in [5.41, 5.74) is 5.85. The largest absolute Gasteiger partial charge is 0.507 e. The molecule has 17 heavy (non-hydrogen) atoms. The normalized spacial score (nSPS) is 10.1. The van der Waals surface area contributed by atoms with E-state index in [-0.39, 0.29) is 22.9 Å². The van der Waals surface area contributed by atoms with E-state index >= 15 is 0 Å². The van der Waals surface area contributed by atoms with Gasteiger partial charge in [-0.2, -0.15) is 0 Å². The van der Waals surface area contributed by atoms with Gasteiger partial charge in [-0.1, -0.05) is 0 Å². The summed E-state index contributed by atoms with van der Waals surface area (Å²) < 4.78 is 0. The first-order valence-corrected chi connectivity index (χ1v) is 4.64. The lowest BCUT2D eigenvalue weighted by molar-refractivity contribution is -0.384. The molecule has 0 saturated carbocycles. The highest BCUT2D eigenvalue weighted by atomic mass is 16.6. The summed E-state index contributed by atoms with van der Waals surface area (Å²) >= 11 is 0. The zero-order valence-electron chi connectivity index (χ0n) is 8.57. The number of aromatic hydroxyl groups is 1. The molecule has 0 unspecified atom stereocenters. The van der Waals surface area contributed by atoms with Gasteiger partial charge in [0, 0.05) is 23.9 Å². The number of nitrogens with zero attached hydrogens (tertiary/aromatic N) is 3. The molecule has 1 aromatic carbocycles. The van der Waals surface area contributed by atoms with Crippen molar-refractivity contribution >= 4 is 11.6 Å². The molecular formula is C10H8N4O3. The third kappa shape index (κ3) is 2.12. The van der Waals surface area contributed by atoms with Crippen LogP contribution in [0, 0.1) is 10.1 Å². The Labute approximate surface area is 95.7 Å². The summed E-state index contributed by atoms with van der Waals surface area (Å²) in [5, 5.41) is 20.3. The van der Waals surface area contributed by atoms with Gasteiger partial charge < -0.3 is 10.8 Å². The Kier molecular flexibility index (Phi) is 2.57. The predicted molar refractivity (Wildman–Crippen MR) is 60.2 cm³/mol. The van der Waals surface area contributed by atoms with Gasteiger partial charge in [0.05, 0.1) is 10.6 Å². The Morgan fingerprint density at radius 1 is 1.35 bits per heavy atom. The van der Waals surface area contributed by atoms with Crippen molar-refractivity contribution in [3.8, 4) is 17.0 Å². The maximum absolute atomic E-state index is 10.6. The average Bonchev–Trinajstić information content (AvgIpc) is 2.29. The van der Waals surface area contributed by atoms with Gasteiger partial charge in [-0.3, -0.25) is 10.1 Å². The summed E-state index contributed by atoms with van der Waals surface area (Å²) in [6, 6.07) is 5.20. The number of nitro groups is 1. The monoisotopic (exact) mass is 232 g/mol. The van der Waals surface area contributed by atoms with Gasteiger partial charge in [0.15, 0.2) is 0 Å². The van der Waals surface area contributed by atoms with Crippen LogP contribution in [0.4, 0.5) is 11.6 Å². The van der Waals surface area contributed by atoms with Gasteiger partial charge in [-0.25, -0.2) is 9.97 Å². The van der Waals surface area contributed by atoms with E-state index in [0.717, 1.165) is 0 Å². The topological polar surface area (TPSA) is 115 Å². The van der Waals surface area contributed by atoms with Crippen LogP contribution in [0.2, 0.25) is 0 Å². The Balaban J connectivity index is 2.58. The van der Waals surface area contributed by atoms with Crippen LogP contribution in [0.1, 0.15) is 0 Å². The number of benzene rings is 1. The van der Waals surface area contributed by atoms with Crippen LogP contribution < -0.4 is 5.73 Å². The van der Waals surface area contributed by atoms with Crippen LogP contribution in [0.3, 0.4) is 0 Å². The standard InChI is InChI=1S/C10H8N4O3/c11-10-12-4-3-8(13-10)7-5-6(14(16)17)1-2-9(7)15/h1-5,15H,(H2,11,12,13). The third-order valence-electron chi connectivity index (χ3n) is 2.14. The zero-order valence-corrected chi connectivity index (χ0v) is 8.57. The number of phenolic OH excluding ortho intramolecular Hbond substituents is 1. The van der Waals surface area contributed by atoms with E-state index in [9.17, 15) is 15.2 Å². The van der Waals surface area contributed by atoms with E-state index in [4.69, 9.17) is 5.73 Å². The fourth-order valence-electron chi connectivity index (χ4n) is 1.37. The second-order valence-electron chi connectivity index (χ2n) is 3.26. The van der Waals surface area contributed by atoms with Crippen LogP contribution in [0.15, 0.2) is 30.5 Å². The minimum Gasteiger partial charge on any atom is -0.507 e. The van der Waals surface area contributed by atoms with Crippen molar-refractivity contribution in [3.63, 3.8) is 0 Å². The molecule has 3 N–H and O–H groups in total. The Morgan fingerprint density at radius 2 is 2.12 bits per heavy atom. The number of anilines is 1. The molecule has 2 rings (SSSR count).